The van der Waals surface area contributed by atoms with Gasteiger partial charge in [-0.05, 0) is 62.4 Å². The van der Waals surface area contributed by atoms with Crippen LogP contribution in [0.4, 0.5) is 0 Å². The van der Waals surface area contributed by atoms with Gasteiger partial charge in [0, 0.05) is 17.2 Å². The Morgan fingerprint density at radius 1 is 1.44 bits per heavy atom. The van der Waals surface area contributed by atoms with Crippen molar-refractivity contribution in [1.29, 1.82) is 0 Å². The van der Waals surface area contributed by atoms with E-state index in [1.807, 2.05) is 6.20 Å². The molecule has 1 atom stereocenters. The topological polar surface area (TPSA) is 22.0 Å². The molecular weight excluding hydrogens is 354 g/mol. The minimum Gasteiger partial charge on any atom is -0.313 e. The van der Waals surface area contributed by atoms with Gasteiger partial charge in [-0.15, -0.1) is 0 Å². The van der Waals surface area contributed by atoms with Gasteiger partial charge in [-0.1, -0.05) is 6.92 Å². The van der Waals surface area contributed by atoms with Crippen LogP contribution < -0.4 is 5.56 Å². The van der Waals surface area contributed by atoms with Gasteiger partial charge in [0.2, 0.25) is 0 Å². The SMILES string of the molecule is CC(CCS)CCn1cc(Br)cc(Br)c1=O. The molecule has 1 rings (SSSR count). The van der Waals surface area contributed by atoms with Crippen LogP contribution in [0, 0.1) is 5.92 Å². The third kappa shape index (κ3) is 4.26. The Hall–Kier alpha value is 0.260. The Morgan fingerprint density at radius 3 is 2.75 bits per heavy atom. The fourth-order valence-corrected chi connectivity index (χ4v) is 3.15. The average molecular weight is 369 g/mol. The second kappa shape index (κ2) is 6.87. The molecule has 0 aliphatic carbocycles. The molecular formula is C11H15Br2NOS. The molecule has 16 heavy (non-hydrogen) atoms. The fourth-order valence-electron chi connectivity index (χ4n) is 1.46. The monoisotopic (exact) mass is 367 g/mol. The van der Waals surface area contributed by atoms with E-state index < -0.39 is 0 Å². The van der Waals surface area contributed by atoms with Crippen LogP contribution >= 0.6 is 44.5 Å². The summed E-state index contributed by atoms with van der Waals surface area (Å²) >= 11 is 10.9. The Balaban J connectivity index is 2.70. The van der Waals surface area contributed by atoms with Crippen LogP contribution in [-0.4, -0.2) is 10.3 Å². The second-order valence-corrected chi connectivity index (χ2v) is 6.13. The third-order valence-electron chi connectivity index (χ3n) is 2.49. The summed E-state index contributed by atoms with van der Waals surface area (Å²) in [7, 11) is 0. The summed E-state index contributed by atoms with van der Waals surface area (Å²) in [4.78, 5) is 11.8. The molecule has 0 fully saturated rings. The Morgan fingerprint density at radius 2 is 2.12 bits per heavy atom. The van der Waals surface area contributed by atoms with Crippen LogP contribution in [0.5, 0.6) is 0 Å². The highest BCUT2D eigenvalue weighted by atomic mass is 79.9. The van der Waals surface area contributed by atoms with Gasteiger partial charge in [-0.2, -0.15) is 12.6 Å². The molecule has 1 aromatic rings. The summed E-state index contributed by atoms with van der Waals surface area (Å²) in [5.41, 5.74) is 0.0290. The quantitative estimate of drug-likeness (QED) is 0.786. The van der Waals surface area contributed by atoms with Crippen molar-refractivity contribution < 1.29 is 0 Å². The van der Waals surface area contributed by atoms with Crippen LogP contribution in [0.3, 0.4) is 0 Å². The summed E-state index contributed by atoms with van der Waals surface area (Å²) in [6.07, 6.45) is 3.93. The van der Waals surface area contributed by atoms with Crippen molar-refractivity contribution in [2.75, 3.05) is 5.75 Å². The molecule has 0 bridgehead atoms. The molecule has 0 aliphatic rings. The van der Waals surface area contributed by atoms with Crippen LogP contribution in [0.15, 0.2) is 26.0 Å². The average Bonchev–Trinajstić information content (AvgIpc) is 2.21. The van der Waals surface area contributed by atoms with E-state index in [0.717, 1.165) is 29.6 Å². The van der Waals surface area contributed by atoms with Gasteiger partial charge >= 0.3 is 0 Å². The zero-order chi connectivity index (χ0) is 12.1. The highest BCUT2D eigenvalue weighted by Crippen LogP contribution is 2.14. The molecule has 0 saturated heterocycles. The van der Waals surface area contributed by atoms with E-state index in [4.69, 9.17) is 0 Å². The lowest BCUT2D eigenvalue weighted by Crippen LogP contribution is -2.21. The maximum Gasteiger partial charge on any atom is 0.264 e. The number of rotatable bonds is 5. The molecule has 0 aromatic carbocycles. The number of hydrogen-bond donors (Lipinski definition) is 1. The largest absolute Gasteiger partial charge is 0.313 e. The smallest absolute Gasteiger partial charge is 0.264 e. The van der Waals surface area contributed by atoms with Crippen molar-refractivity contribution in [3.63, 3.8) is 0 Å². The molecule has 0 saturated carbocycles. The lowest BCUT2D eigenvalue weighted by atomic mass is 10.1. The lowest BCUT2D eigenvalue weighted by molar-refractivity contribution is 0.465. The standard InChI is InChI=1S/C11H15Br2NOS/c1-8(3-5-16)2-4-14-7-9(12)6-10(13)11(14)15/h6-8,16H,2-5H2,1H3. The molecule has 1 unspecified atom stereocenters. The van der Waals surface area contributed by atoms with Crippen LogP contribution in [0.25, 0.3) is 0 Å². The molecule has 2 nitrogen and oxygen atoms in total. The van der Waals surface area contributed by atoms with E-state index in [0.29, 0.717) is 10.4 Å². The first-order chi connectivity index (χ1) is 7.54. The summed E-state index contributed by atoms with van der Waals surface area (Å²) < 4.78 is 3.26. The maximum atomic E-state index is 11.8. The normalized spacial score (nSPS) is 12.8. The van der Waals surface area contributed by atoms with Crippen molar-refractivity contribution in [2.45, 2.75) is 26.3 Å². The zero-order valence-corrected chi connectivity index (χ0v) is 13.2. The first-order valence-corrected chi connectivity index (χ1v) is 7.42. The highest BCUT2D eigenvalue weighted by Gasteiger charge is 2.05. The molecule has 90 valence electrons. The number of thiol groups is 1. The highest BCUT2D eigenvalue weighted by molar-refractivity contribution is 9.11. The van der Waals surface area contributed by atoms with E-state index in [1.54, 1.807) is 10.6 Å². The summed E-state index contributed by atoms with van der Waals surface area (Å²) in [6, 6.07) is 1.77. The van der Waals surface area contributed by atoms with Gasteiger partial charge in [0.05, 0.1) is 4.47 Å². The number of halogens is 2. The first kappa shape index (κ1) is 14.3. The molecule has 0 spiro atoms. The van der Waals surface area contributed by atoms with E-state index in [9.17, 15) is 4.79 Å². The summed E-state index contributed by atoms with van der Waals surface area (Å²) in [5.74, 6) is 1.50. The Bertz CT molecular complexity index is 405. The Labute approximate surface area is 118 Å². The Kier molecular flexibility index (Phi) is 6.15. The number of aryl methyl sites for hydroxylation is 1. The summed E-state index contributed by atoms with van der Waals surface area (Å²) in [6.45, 7) is 2.94. The molecule has 0 radical (unpaired) electrons. The van der Waals surface area contributed by atoms with Crippen molar-refractivity contribution in [3.8, 4) is 0 Å². The molecule has 1 aromatic heterocycles. The van der Waals surface area contributed by atoms with E-state index in [1.165, 1.54) is 0 Å². The van der Waals surface area contributed by atoms with Gasteiger partial charge in [-0.3, -0.25) is 4.79 Å². The van der Waals surface area contributed by atoms with Crippen molar-refractivity contribution in [1.82, 2.24) is 4.57 Å². The van der Waals surface area contributed by atoms with Crippen LogP contribution in [0.1, 0.15) is 19.8 Å². The van der Waals surface area contributed by atoms with Crippen LogP contribution in [-0.2, 0) is 6.54 Å². The zero-order valence-electron chi connectivity index (χ0n) is 9.12. The number of nitrogens with zero attached hydrogens (tertiary/aromatic N) is 1. The predicted octanol–water partition coefficient (Wildman–Crippen LogP) is 3.72. The molecule has 0 amide bonds. The first-order valence-electron chi connectivity index (χ1n) is 5.21. The predicted molar refractivity (Wildman–Crippen MR) is 78.4 cm³/mol. The molecule has 5 heteroatoms. The van der Waals surface area contributed by atoms with Gasteiger partial charge in [-0.25, -0.2) is 0 Å². The van der Waals surface area contributed by atoms with Gasteiger partial charge in [0.15, 0.2) is 0 Å². The van der Waals surface area contributed by atoms with Crippen LogP contribution in [0.2, 0.25) is 0 Å². The van der Waals surface area contributed by atoms with E-state index in [-0.39, 0.29) is 5.56 Å². The lowest BCUT2D eigenvalue weighted by Gasteiger charge is -2.11. The second-order valence-electron chi connectivity index (χ2n) is 3.91. The van der Waals surface area contributed by atoms with Crippen molar-refractivity contribution in [2.24, 2.45) is 5.92 Å². The number of pyridine rings is 1. The maximum absolute atomic E-state index is 11.8. The van der Waals surface area contributed by atoms with Gasteiger partial charge in [0.1, 0.15) is 0 Å². The van der Waals surface area contributed by atoms with E-state index in [2.05, 4.69) is 51.4 Å². The fraction of sp³-hybridized carbons (Fsp3) is 0.545. The minimum absolute atomic E-state index is 0.0290. The number of aromatic nitrogens is 1. The number of hydrogen-bond acceptors (Lipinski definition) is 2. The van der Waals surface area contributed by atoms with E-state index >= 15 is 0 Å². The van der Waals surface area contributed by atoms with Gasteiger partial charge < -0.3 is 4.57 Å². The molecule has 0 aliphatic heterocycles. The summed E-state index contributed by atoms with van der Waals surface area (Å²) in [5, 5.41) is 0. The van der Waals surface area contributed by atoms with Crippen molar-refractivity contribution in [3.05, 3.63) is 31.6 Å². The van der Waals surface area contributed by atoms with Gasteiger partial charge in [0.25, 0.3) is 5.56 Å². The molecule has 0 N–H and O–H groups in total. The minimum atomic E-state index is 0.0290. The third-order valence-corrected chi connectivity index (χ3v) is 3.75. The van der Waals surface area contributed by atoms with Crippen molar-refractivity contribution >= 4 is 44.5 Å². The molecule has 1 heterocycles.